The van der Waals surface area contributed by atoms with Gasteiger partial charge in [0.15, 0.2) is 5.13 Å². The lowest BCUT2D eigenvalue weighted by Crippen LogP contribution is -2.29. The van der Waals surface area contributed by atoms with Crippen molar-refractivity contribution in [3.8, 4) is 11.5 Å². The molecule has 2 aliphatic rings. The number of rotatable bonds is 9. The number of fused-ring (bicyclic) bond motifs is 1. The highest BCUT2D eigenvalue weighted by Crippen LogP contribution is 2.45. The summed E-state index contributed by atoms with van der Waals surface area (Å²) in [5.41, 5.74) is 3.01. The quantitative estimate of drug-likeness (QED) is 0.0758. The van der Waals surface area contributed by atoms with Crippen LogP contribution in [-0.2, 0) is 27.4 Å². The number of thiazole rings is 1. The Morgan fingerprint density at radius 3 is 2.71 bits per heavy atom. The van der Waals surface area contributed by atoms with E-state index in [1.54, 1.807) is 49.4 Å². The highest BCUT2D eigenvalue weighted by molar-refractivity contribution is 7.17. The van der Waals surface area contributed by atoms with Gasteiger partial charge in [-0.2, -0.15) is 0 Å². The number of aryl methyl sites for hydroxylation is 1. The number of esters is 1. The summed E-state index contributed by atoms with van der Waals surface area (Å²) in [7, 11) is 0. The Kier molecular flexibility index (Phi) is 8.23. The summed E-state index contributed by atoms with van der Waals surface area (Å²) in [6.07, 6.45) is 2.09. The Hall–Kier alpha value is -5.22. The van der Waals surface area contributed by atoms with Crippen molar-refractivity contribution in [1.29, 1.82) is 0 Å². The minimum atomic E-state index is -1.06. The zero-order chi connectivity index (χ0) is 31.7. The van der Waals surface area contributed by atoms with Crippen LogP contribution in [0.4, 0.5) is 5.13 Å². The smallest absolute Gasteiger partial charge is 0.350 e. The standard InChI is InChI=1S/C35H30N2O7S/c1-4-15-42-34(41)32-21(3)36-35(45-32)37-29(23-11-8-12-26(18-23)43-19-22-9-6-5-7-10-22)28(31(39)33(37)40)30(38)24-13-14-27-25(17-24)16-20(2)44-27/h4-14,17-18,20,29,38H,1,15-16,19H2,2-3H3/t20-,29-/m0/s1. The van der Waals surface area contributed by atoms with Gasteiger partial charge in [-0.25, -0.2) is 9.78 Å². The van der Waals surface area contributed by atoms with Crippen molar-refractivity contribution in [1.82, 2.24) is 4.98 Å². The van der Waals surface area contributed by atoms with Gasteiger partial charge in [0.2, 0.25) is 0 Å². The third kappa shape index (κ3) is 5.84. The van der Waals surface area contributed by atoms with Crippen molar-refractivity contribution >= 4 is 39.9 Å². The lowest BCUT2D eigenvalue weighted by molar-refractivity contribution is -0.132. The summed E-state index contributed by atoms with van der Waals surface area (Å²) in [5.74, 6) is -1.46. The number of carbonyl (C=O) groups excluding carboxylic acids is 3. The first-order chi connectivity index (χ1) is 21.7. The molecule has 3 aromatic carbocycles. The van der Waals surface area contributed by atoms with Crippen molar-refractivity contribution in [3.05, 3.63) is 124 Å². The Morgan fingerprint density at radius 1 is 1.13 bits per heavy atom. The predicted molar refractivity (Wildman–Crippen MR) is 170 cm³/mol. The maximum Gasteiger partial charge on any atom is 0.350 e. The molecule has 228 valence electrons. The fourth-order valence-corrected chi connectivity index (χ4v) is 6.45. The summed E-state index contributed by atoms with van der Waals surface area (Å²) in [6, 6.07) is 20.8. The highest BCUT2D eigenvalue weighted by Gasteiger charge is 2.48. The molecule has 1 N–H and O–H groups in total. The van der Waals surface area contributed by atoms with Gasteiger partial charge in [-0.15, -0.1) is 0 Å². The van der Waals surface area contributed by atoms with Crippen LogP contribution in [0.25, 0.3) is 5.76 Å². The summed E-state index contributed by atoms with van der Waals surface area (Å²) in [4.78, 5) is 46.1. The van der Waals surface area contributed by atoms with Gasteiger partial charge in [-0.1, -0.05) is 66.5 Å². The first-order valence-electron chi connectivity index (χ1n) is 14.4. The largest absolute Gasteiger partial charge is 0.507 e. The molecule has 1 aromatic heterocycles. The number of aliphatic hydroxyl groups excluding tert-OH is 1. The van der Waals surface area contributed by atoms with Gasteiger partial charge >= 0.3 is 11.9 Å². The monoisotopic (exact) mass is 622 g/mol. The molecular formula is C35H30N2O7S. The Morgan fingerprint density at radius 2 is 1.93 bits per heavy atom. The second kappa shape index (κ2) is 12.4. The maximum absolute atomic E-state index is 13.7. The molecule has 9 nitrogen and oxygen atoms in total. The number of amides is 1. The van der Waals surface area contributed by atoms with Crippen LogP contribution in [0, 0.1) is 6.92 Å². The first-order valence-corrected chi connectivity index (χ1v) is 15.2. The van der Waals surface area contributed by atoms with Crippen molar-refractivity contribution in [2.75, 3.05) is 11.5 Å². The van der Waals surface area contributed by atoms with E-state index in [9.17, 15) is 19.5 Å². The molecule has 3 heterocycles. The van der Waals surface area contributed by atoms with E-state index in [0.29, 0.717) is 41.3 Å². The summed E-state index contributed by atoms with van der Waals surface area (Å²) >= 11 is 0.938. The van der Waals surface area contributed by atoms with Gasteiger partial charge in [0.1, 0.15) is 41.5 Å². The average molecular weight is 623 g/mol. The third-order valence-electron chi connectivity index (χ3n) is 7.55. The Bertz CT molecular complexity index is 1850. The van der Waals surface area contributed by atoms with Crippen LogP contribution >= 0.6 is 11.3 Å². The van der Waals surface area contributed by atoms with Gasteiger partial charge in [-0.05, 0) is 60.9 Å². The number of hydrogen-bond acceptors (Lipinski definition) is 9. The predicted octanol–water partition coefficient (Wildman–Crippen LogP) is 6.32. The average Bonchev–Trinajstić information content (AvgIpc) is 3.70. The second-order valence-electron chi connectivity index (χ2n) is 10.8. The SMILES string of the molecule is C=CCOC(=O)c1sc(N2C(=O)C(=O)C(=C(O)c3ccc4c(c3)C[C@H](C)O4)[C@@H]2c2cccc(OCc3ccccc3)c2)nc1C. The van der Waals surface area contributed by atoms with Crippen molar-refractivity contribution in [3.63, 3.8) is 0 Å². The molecule has 45 heavy (non-hydrogen) atoms. The number of ketones is 1. The van der Waals surface area contributed by atoms with Crippen LogP contribution in [-0.4, -0.2) is 40.5 Å². The number of aliphatic hydroxyl groups is 1. The van der Waals surface area contributed by atoms with E-state index in [1.165, 1.54) is 11.0 Å². The summed E-state index contributed by atoms with van der Waals surface area (Å²) in [6.45, 7) is 7.46. The lowest BCUT2D eigenvalue weighted by Gasteiger charge is -2.23. The number of benzene rings is 3. The Balaban J connectivity index is 1.44. The molecule has 0 bridgehead atoms. The van der Waals surface area contributed by atoms with E-state index in [0.717, 1.165) is 22.5 Å². The van der Waals surface area contributed by atoms with Crippen LogP contribution in [0.5, 0.6) is 11.5 Å². The molecule has 1 fully saturated rings. The first kappa shape index (κ1) is 29.8. The fourth-order valence-electron chi connectivity index (χ4n) is 5.46. The van der Waals surface area contributed by atoms with Crippen LogP contribution in [0.2, 0.25) is 0 Å². The third-order valence-corrected chi connectivity index (χ3v) is 8.68. The van der Waals surface area contributed by atoms with E-state index >= 15 is 0 Å². The molecule has 0 unspecified atom stereocenters. The molecule has 10 heteroatoms. The molecule has 0 aliphatic carbocycles. The molecular weight excluding hydrogens is 592 g/mol. The van der Waals surface area contributed by atoms with Gasteiger partial charge in [0.05, 0.1) is 17.3 Å². The lowest BCUT2D eigenvalue weighted by atomic mass is 9.94. The molecule has 2 aliphatic heterocycles. The number of ether oxygens (including phenoxy) is 3. The molecule has 1 saturated heterocycles. The van der Waals surface area contributed by atoms with E-state index in [1.807, 2.05) is 37.3 Å². The molecule has 1 amide bonds. The highest BCUT2D eigenvalue weighted by atomic mass is 32.1. The van der Waals surface area contributed by atoms with Gasteiger partial charge in [0, 0.05) is 12.0 Å². The van der Waals surface area contributed by atoms with Crippen molar-refractivity contribution < 1.29 is 33.7 Å². The number of carbonyl (C=O) groups is 3. The van der Waals surface area contributed by atoms with Gasteiger partial charge in [0.25, 0.3) is 5.78 Å². The topological polar surface area (TPSA) is 115 Å². The zero-order valence-electron chi connectivity index (χ0n) is 24.7. The zero-order valence-corrected chi connectivity index (χ0v) is 25.5. The van der Waals surface area contributed by atoms with Crippen molar-refractivity contribution in [2.24, 2.45) is 0 Å². The second-order valence-corrected chi connectivity index (χ2v) is 11.7. The van der Waals surface area contributed by atoms with E-state index in [4.69, 9.17) is 14.2 Å². The molecule has 0 spiro atoms. The number of Topliss-reactive ketones (excluding diaryl/α,β-unsaturated/α-hetero) is 1. The number of aromatic nitrogens is 1. The molecule has 4 aromatic rings. The van der Waals surface area contributed by atoms with Crippen molar-refractivity contribution in [2.45, 2.75) is 39.0 Å². The number of hydrogen-bond donors (Lipinski definition) is 1. The fraction of sp³-hybridized carbons (Fsp3) is 0.200. The maximum atomic E-state index is 13.7. The van der Waals surface area contributed by atoms with Crippen LogP contribution in [0.15, 0.2) is 91.0 Å². The van der Waals surface area contributed by atoms with Crippen LogP contribution < -0.4 is 14.4 Å². The van der Waals surface area contributed by atoms with Gasteiger partial charge < -0.3 is 19.3 Å². The number of anilines is 1. The van der Waals surface area contributed by atoms with Crippen LogP contribution in [0.3, 0.4) is 0 Å². The van der Waals surface area contributed by atoms with E-state index in [-0.39, 0.29) is 34.1 Å². The molecule has 6 rings (SSSR count). The molecule has 2 atom stereocenters. The van der Waals surface area contributed by atoms with Crippen LogP contribution in [0.1, 0.15) is 50.6 Å². The molecule has 0 saturated carbocycles. The Labute approximate surface area is 264 Å². The summed E-state index contributed by atoms with van der Waals surface area (Å²) < 4.78 is 17.1. The molecule has 0 radical (unpaired) electrons. The number of nitrogens with zero attached hydrogens (tertiary/aromatic N) is 2. The minimum absolute atomic E-state index is 0.0103. The summed E-state index contributed by atoms with van der Waals surface area (Å²) in [5, 5.41) is 11.8. The van der Waals surface area contributed by atoms with E-state index < -0.39 is 23.7 Å². The minimum Gasteiger partial charge on any atom is -0.507 e. The van der Waals surface area contributed by atoms with Gasteiger partial charge in [-0.3, -0.25) is 14.5 Å². The normalized spacial score (nSPS) is 18.4. The van der Waals surface area contributed by atoms with E-state index in [2.05, 4.69) is 11.6 Å².